The average molecular weight is 420 g/mol. The third kappa shape index (κ3) is 5.49. The lowest BCUT2D eigenvalue weighted by Gasteiger charge is -2.12. The van der Waals surface area contributed by atoms with Crippen LogP contribution in [0.1, 0.15) is 34.6 Å². The minimum absolute atomic E-state index is 0.122. The molecule has 9 heteroatoms. The molecule has 0 bridgehead atoms. The van der Waals surface area contributed by atoms with Gasteiger partial charge in [-0.3, -0.25) is 4.79 Å². The molecule has 1 amide bonds. The van der Waals surface area contributed by atoms with Gasteiger partial charge in [0.2, 0.25) is 5.91 Å². The van der Waals surface area contributed by atoms with Crippen LogP contribution in [0.3, 0.4) is 0 Å². The number of fused-ring (bicyclic) bond motifs is 1. The number of rotatable bonds is 7. The van der Waals surface area contributed by atoms with Crippen molar-refractivity contribution in [3.8, 4) is 5.75 Å². The summed E-state index contributed by atoms with van der Waals surface area (Å²) in [5.74, 6) is 0.00745. The van der Waals surface area contributed by atoms with Crippen molar-refractivity contribution >= 4 is 11.6 Å². The van der Waals surface area contributed by atoms with E-state index in [2.05, 4.69) is 20.1 Å². The van der Waals surface area contributed by atoms with Crippen LogP contribution in [0.25, 0.3) is 5.65 Å². The summed E-state index contributed by atoms with van der Waals surface area (Å²) < 4.78 is 43.0. The SMILES string of the molecule is Cc1cc2nc(C)c(CCC(=O)NCc3ccc(OCC(F)(F)F)cc3)c(C)n2n1. The number of nitrogens with zero attached hydrogens (tertiary/aromatic N) is 3. The third-order valence-electron chi connectivity index (χ3n) is 4.70. The lowest BCUT2D eigenvalue weighted by molar-refractivity contribution is -0.153. The van der Waals surface area contributed by atoms with E-state index in [4.69, 9.17) is 0 Å². The van der Waals surface area contributed by atoms with E-state index >= 15 is 0 Å². The smallest absolute Gasteiger partial charge is 0.422 e. The second kappa shape index (κ2) is 8.73. The molecule has 30 heavy (non-hydrogen) atoms. The number of hydrogen-bond donors (Lipinski definition) is 1. The van der Waals surface area contributed by atoms with E-state index in [1.54, 1.807) is 16.6 Å². The summed E-state index contributed by atoms with van der Waals surface area (Å²) in [7, 11) is 0. The number of amides is 1. The number of aryl methyl sites for hydroxylation is 3. The molecule has 2 aromatic heterocycles. The fourth-order valence-corrected chi connectivity index (χ4v) is 3.20. The monoisotopic (exact) mass is 420 g/mol. The molecule has 160 valence electrons. The van der Waals surface area contributed by atoms with E-state index in [1.165, 1.54) is 12.1 Å². The molecule has 0 radical (unpaired) electrons. The van der Waals surface area contributed by atoms with Gasteiger partial charge in [0.15, 0.2) is 12.3 Å². The van der Waals surface area contributed by atoms with Crippen molar-refractivity contribution in [3.05, 3.63) is 58.5 Å². The van der Waals surface area contributed by atoms with Gasteiger partial charge in [0.25, 0.3) is 0 Å². The van der Waals surface area contributed by atoms with Gasteiger partial charge in [0, 0.05) is 30.4 Å². The zero-order valence-electron chi connectivity index (χ0n) is 17.0. The standard InChI is InChI=1S/C21H23F3N4O2/c1-13-10-19-26-14(2)18(15(3)28(19)27-13)8-9-20(29)25-11-16-4-6-17(7-5-16)30-12-21(22,23)24/h4-7,10H,8-9,11-12H2,1-3H3,(H,25,29). The Balaban J connectivity index is 1.52. The van der Waals surface area contributed by atoms with Crippen LogP contribution in [0, 0.1) is 20.8 Å². The summed E-state index contributed by atoms with van der Waals surface area (Å²) in [6, 6.07) is 8.06. The Bertz CT molecular complexity index is 1040. The maximum absolute atomic E-state index is 12.3. The second-order valence-corrected chi connectivity index (χ2v) is 7.14. The minimum atomic E-state index is -4.38. The van der Waals surface area contributed by atoms with Crippen LogP contribution in [-0.2, 0) is 17.8 Å². The normalized spacial score (nSPS) is 11.7. The van der Waals surface area contributed by atoms with Gasteiger partial charge < -0.3 is 10.1 Å². The first kappa shape index (κ1) is 21.6. The van der Waals surface area contributed by atoms with Crippen LogP contribution in [0.2, 0.25) is 0 Å². The molecule has 0 saturated carbocycles. The maximum Gasteiger partial charge on any atom is 0.422 e. The second-order valence-electron chi connectivity index (χ2n) is 7.14. The summed E-state index contributed by atoms with van der Waals surface area (Å²) >= 11 is 0. The number of alkyl halides is 3. The predicted molar refractivity (Wildman–Crippen MR) is 105 cm³/mol. The lowest BCUT2D eigenvalue weighted by Crippen LogP contribution is -2.23. The van der Waals surface area contributed by atoms with Crippen molar-refractivity contribution in [1.29, 1.82) is 0 Å². The number of hydrogen-bond acceptors (Lipinski definition) is 4. The summed E-state index contributed by atoms with van der Waals surface area (Å²) in [4.78, 5) is 16.8. The molecule has 3 rings (SSSR count). The van der Waals surface area contributed by atoms with Crippen LogP contribution >= 0.6 is 0 Å². The Kier molecular flexibility index (Phi) is 6.28. The Morgan fingerprint density at radius 3 is 2.53 bits per heavy atom. The van der Waals surface area contributed by atoms with E-state index in [9.17, 15) is 18.0 Å². The number of carbonyl (C=O) groups is 1. The fourth-order valence-electron chi connectivity index (χ4n) is 3.20. The van der Waals surface area contributed by atoms with Gasteiger partial charge in [-0.15, -0.1) is 0 Å². The number of nitrogens with one attached hydrogen (secondary N) is 1. The van der Waals surface area contributed by atoms with Gasteiger partial charge in [0.1, 0.15) is 5.75 Å². The van der Waals surface area contributed by atoms with E-state index < -0.39 is 12.8 Å². The number of benzene rings is 1. The molecule has 0 aliphatic heterocycles. The van der Waals surface area contributed by atoms with Crippen LogP contribution in [0.4, 0.5) is 13.2 Å². The summed E-state index contributed by atoms with van der Waals surface area (Å²) in [6.07, 6.45) is -3.54. The Morgan fingerprint density at radius 1 is 1.17 bits per heavy atom. The first-order valence-electron chi connectivity index (χ1n) is 9.50. The van der Waals surface area contributed by atoms with Crippen LogP contribution < -0.4 is 10.1 Å². The Morgan fingerprint density at radius 2 is 1.87 bits per heavy atom. The van der Waals surface area contributed by atoms with Crippen molar-refractivity contribution in [2.45, 2.75) is 46.3 Å². The highest BCUT2D eigenvalue weighted by Gasteiger charge is 2.28. The van der Waals surface area contributed by atoms with Gasteiger partial charge in [-0.1, -0.05) is 12.1 Å². The number of halogens is 3. The quantitative estimate of drug-likeness (QED) is 0.631. The van der Waals surface area contributed by atoms with Crippen LogP contribution in [-0.4, -0.2) is 33.3 Å². The van der Waals surface area contributed by atoms with E-state index in [0.29, 0.717) is 12.8 Å². The molecular weight excluding hydrogens is 397 g/mol. The van der Waals surface area contributed by atoms with Gasteiger partial charge in [-0.05, 0) is 50.5 Å². The molecule has 0 spiro atoms. The lowest BCUT2D eigenvalue weighted by atomic mass is 10.1. The maximum atomic E-state index is 12.3. The molecule has 0 atom stereocenters. The molecule has 1 N–H and O–H groups in total. The average Bonchev–Trinajstić information content (AvgIpc) is 3.05. The summed E-state index contributed by atoms with van der Waals surface area (Å²) in [5, 5.41) is 7.25. The van der Waals surface area contributed by atoms with Crippen molar-refractivity contribution < 1.29 is 22.7 Å². The molecule has 0 aliphatic carbocycles. The molecule has 2 heterocycles. The third-order valence-corrected chi connectivity index (χ3v) is 4.70. The molecule has 0 unspecified atom stereocenters. The van der Waals surface area contributed by atoms with Gasteiger partial charge in [-0.2, -0.15) is 18.3 Å². The first-order chi connectivity index (χ1) is 14.1. The van der Waals surface area contributed by atoms with E-state index in [0.717, 1.165) is 33.9 Å². The highest BCUT2D eigenvalue weighted by atomic mass is 19.4. The fraction of sp³-hybridized carbons (Fsp3) is 0.381. The van der Waals surface area contributed by atoms with Gasteiger partial charge >= 0.3 is 6.18 Å². The minimum Gasteiger partial charge on any atom is -0.484 e. The zero-order chi connectivity index (χ0) is 21.9. The van der Waals surface area contributed by atoms with Gasteiger partial charge in [-0.25, -0.2) is 9.50 Å². The number of aromatic nitrogens is 3. The van der Waals surface area contributed by atoms with Crippen LogP contribution in [0.15, 0.2) is 30.3 Å². The van der Waals surface area contributed by atoms with Crippen molar-refractivity contribution in [3.63, 3.8) is 0 Å². The first-order valence-corrected chi connectivity index (χ1v) is 9.50. The van der Waals surface area contributed by atoms with Crippen molar-refractivity contribution in [1.82, 2.24) is 19.9 Å². The van der Waals surface area contributed by atoms with Crippen LogP contribution in [0.5, 0.6) is 5.75 Å². The van der Waals surface area contributed by atoms with E-state index in [-0.39, 0.29) is 18.2 Å². The van der Waals surface area contributed by atoms with E-state index in [1.807, 2.05) is 26.8 Å². The Hall–Kier alpha value is -3.10. The molecule has 6 nitrogen and oxygen atoms in total. The molecule has 1 aromatic carbocycles. The summed E-state index contributed by atoms with van der Waals surface area (Å²) in [5.41, 5.74) is 5.28. The largest absolute Gasteiger partial charge is 0.484 e. The predicted octanol–water partition coefficient (Wildman–Crippen LogP) is 3.84. The highest BCUT2D eigenvalue weighted by molar-refractivity contribution is 5.76. The number of carbonyl (C=O) groups excluding carboxylic acids is 1. The molecule has 0 saturated heterocycles. The molecule has 0 fully saturated rings. The number of ether oxygens (including phenoxy) is 1. The van der Waals surface area contributed by atoms with Crippen molar-refractivity contribution in [2.24, 2.45) is 0 Å². The molecule has 0 aliphatic rings. The molecular formula is C21H23F3N4O2. The van der Waals surface area contributed by atoms with Crippen molar-refractivity contribution in [2.75, 3.05) is 6.61 Å². The Labute approximate surface area is 172 Å². The summed E-state index contributed by atoms with van der Waals surface area (Å²) in [6.45, 7) is 4.74. The molecule has 3 aromatic rings. The van der Waals surface area contributed by atoms with Gasteiger partial charge in [0.05, 0.1) is 5.69 Å². The topological polar surface area (TPSA) is 68.5 Å². The zero-order valence-corrected chi connectivity index (χ0v) is 17.0. The highest BCUT2D eigenvalue weighted by Crippen LogP contribution is 2.19.